The molecule has 80 valence electrons. The second-order valence-electron chi connectivity index (χ2n) is 5.30. The number of hydrogen-bond donors (Lipinski definition) is 1. The fourth-order valence-corrected chi connectivity index (χ4v) is 5.48. The van der Waals surface area contributed by atoms with E-state index in [9.17, 15) is 0 Å². The van der Waals surface area contributed by atoms with Crippen molar-refractivity contribution in [3.05, 3.63) is 0 Å². The van der Waals surface area contributed by atoms with Gasteiger partial charge in [0, 0.05) is 12.8 Å². The Hall–Kier alpha value is 0.310. The summed E-state index contributed by atoms with van der Waals surface area (Å²) in [5.41, 5.74) is 0. The van der Waals surface area contributed by atoms with Gasteiger partial charge in [-0.15, -0.1) is 11.8 Å². The van der Waals surface area contributed by atoms with E-state index < -0.39 is 0 Å². The van der Waals surface area contributed by atoms with E-state index in [1.165, 1.54) is 51.4 Å². The highest BCUT2D eigenvalue weighted by molar-refractivity contribution is 8.00. The van der Waals surface area contributed by atoms with Crippen LogP contribution in [0, 0.1) is 0 Å². The Morgan fingerprint density at radius 1 is 0.714 bits per heavy atom. The topological polar surface area (TPSA) is 16.6 Å². The van der Waals surface area contributed by atoms with Crippen molar-refractivity contribution in [2.24, 2.45) is 0 Å². The second kappa shape index (κ2) is 4.05. The molecule has 2 N–H and O–H groups in total. The Kier molecular flexibility index (Phi) is 2.76. The van der Waals surface area contributed by atoms with E-state index in [1.54, 1.807) is 0 Å². The Bertz CT molecular complexity index is 164. The maximum absolute atomic E-state index is 2.77. The summed E-state index contributed by atoms with van der Waals surface area (Å²) >= 11 is 2.37. The van der Waals surface area contributed by atoms with Crippen molar-refractivity contribution in [3.8, 4) is 0 Å². The quantitative estimate of drug-likeness (QED) is 0.649. The van der Waals surface area contributed by atoms with Gasteiger partial charge in [-0.05, 0) is 25.7 Å². The molecule has 1 aliphatic heterocycles. The zero-order valence-corrected chi connectivity index (χ0v) is 9.77. The van der Waals surface area contributed by atoms with Gasteiger partial charge in [-0.3, -0.25) is 0 Å². The predicted octanol–water partition coefficient (Wildman–Crippen LogP) is 1.92. The molecule has 2 aliphatic carbocycles. The summed E-state index contributed by atoms with van der Waals surface area (Å²) < 4.78 is 0. The van der Waals surface area contributed by atoms with E-state index in [2.05, 4.69) is 17.1 Å². The van der Waals surface area contributed by atoms with Gasteiger partial charge in [-0.1, -0.05) is 12.8 Å². The molecule has 0 amide bonds. The molecule has 3 aliphatic rings. The highest BCUT2D eigenvalue weighted by atomic mass is 32.2. The van der Waals surface area contributed by atoms with Gasteiger partial charge in [0.05, 0.1) is 22.6 Å². The lowest BCUT2D eigenvalue weighted by atomic mass is 9.89. The normalized spacial score (nSPS) is 48.0. The Balaban J connectivity index is 1.68. The lowest BCUT2D eigenvalue weighted by Crippen LogP contribution is -3.00. The summed E-state index contributed by atoms with van der Waals surface area (Å²) in [5.74, 6) is 0. The van der Waals surface area contributed by atoms with E-state index >= 15 is 0 Å². The molecule has 0 aromatic heterocycles. The molecular formula is C12H22NS+. The molecule has 14 heavy (non-hydrogen) atoms. The first-order valence-electron chi connectivity index (χ1n) is 6.44. The van der Waals surface area contributed by atoms with Gasteiger partial charge < -0.3 is 5.32 Å². The van der Waals surface area contributed by atoms with Crippen LogP contribution in [0.1, 0.15) is 51.4 Å². The van der Waals surface area contributed by atoms with Crippen LogP contribution >= 0.6 is 11.8 Å². The van der Waals surface area contributed by atoms with Crippen molar-refractivity contribution in [1.29, 1.82) is 0 Å². The van der Waals surface area contributed by atoms with Gasteiger partial charge in [-0.2, -0.15) is 0 Å². The molecule has 0 unspecified atom stereocenters. The Morgan fingerprint density at radius 3 is 1.79 bits per heavy atom. The minimum atomic E-state index is 0.994. The lowest BCUT2D eigenvalue weighted by Gasteiger charge is -2.43. The summed E-state index contributed by atoms with van der Waals surface area (Å²) in [4.78, 5) is 0. The van der Waals surface area contributed by atoms with Gasteiger partial charge in [0.2, 0.25) is 0 Å². The third kappa shape index (κ3) is 1.71. The van der Waals surface area contributed by atoms with Crippen LogP contribution in [-0.2, 0) is 0 Å². The fraction of sp³-hybridized carbons (Fsp3) is 1.00. The van der Waals surface area contributed by atoms with Crippen LogP contribution in [0.3, 0.4) is 0 Å². The van der Waals surface area contributed by atoms with Crippen molar-refractivity contribution in [2.75, 3.05) is 0 Å². The average molecular weight is 212 g/mol. The van der Waals surface area contributed by atoms with Crippen LogP contribution in [0.15, 0.2) is 0 Å². The molecule has 2 saturated carbocycles. The molecule has 1 saturated heterocycles. The molecule has 1 nitrogen and oxygen atoms in total. The van der Waals surface area contributed by atoms with Crippen LogP contribution in [0.25, 0.3) is 0 Å². The number of thioether (sulfide) groups is 1. The molecule has 0 bridgehead atoms. The van der Waals surface area contributed by atoms with Crippen LogP contribution in [0.2, 0.25) is 0 Å². The molecule has 0 radical (unpaired) electrons. The third-order valence-electron chi connectivity index (χ3n) is 4.35. The van der Waals surface area contributed by atoms with Crippen molar-refractivity contribution < 1.29 is 5.32 Å². The predicted molar refractivity (Wildman–Crippen MR) is 61.6 cm³/mol. The summed E-state index contributed by atoms with van der Waals surface area (Å²) in [6.07, 6.45) is 12.0. The maximum Gasteiger partial charge on any atom is 0.0981 e. The Morgan fingerprint density at radius 2 is 1.21 bits per heavy atom. The monoisotopic (exact) mass is 212 g/mol. The Labute approximate surface area is 91.4 Å². The molecule has 2 heteroatoms. The first-order chi connectivity index (χ1) is 6.93. The summed E-state index contributed by atoms with van der Waals surface area (Å²) in [7, 11) is 0. The van der Waals surface area contributed by atoms with E-state index in [4.69, 9.17) is 0 Å². The number of nitrogens with two attached hydrogens (primary N) is 1. The molecule has 0 aromatic carbocycles. The largest absolute Gasteiger partial charge is 0.340 e. The van der Waals surface area contributed by atoms with Gasteiger partial charge in [0.25, 0.3) is 0 Å². The molecule has 4 atom stereocenters. The average Bonchev–Trinajstić information content (AvgIpc) is 2.26. The van der Waals surface area contributed by atoms with Gasteiger partial charge in [0.1, 0.15) is 0 Å². The number of quaternary nitrogens is 1. The van der Waals surface area contributed by atoms with Gasteiger partial charge >= 0.3 is 0 Å². The fourth-order valence-electron chi connectivity index (χ4n) is 3.57. The zero-order valence-electron chi connectivity index (χ0n) is 8.95. The van der Waals surface area contributed by atoms with E-state index in [0.29, 0.717) is 0 Å². The molecule has 0 spiro atoms. The molecule has 3 rings (SSSR count). The minimum absolute atomic E-state index is 0.994. The summed E-state index contributed by atoms with van der Waals surface area (Å²) in [6, 6.07) is 1.99. The second-order valence-corrected chi connectivity index (χ2v) is 6.79. The van der Waals surface area contributed by atoms with Gasteiger partial charge in [0.15, 0.2) is 0 Å². The lowest BCUT2D eigenvalue weighted by molar-refractivity contribution is -0.726. The minimum Gasteiger partial charge on any atom is -0.340 e. The zero-order chi connectivity index (χ0) is 9.38. The molecule has 1 heterocycles. The highest BCUT2D eigenvalue weighted by Gasteiger charge is 2.42. The first-order valence-corrected chi connectivity index (χ1v) is 7.38. The van der Waals surface area contributed by atoms with E-state index in [1.807, 2.05) is 0 Å². The van der Waals surface area contributed by atoms with Crippen LogP contribution < -0.4 is 5.32 Å². The molecule has 0 aromatic rings. The number of hydrogen-bond acceptors (Lipinski definition) is 1. The summed E-state index contributed by atoms with van der Waals surface area (Å²) in [6.45, 7) is 0. The van der Waals surface area contributed by atoms with Crippen molar-refractivity contribution in [1.82, 2.24) is 0 Å². The van der Waals surface area contributed by atoms with Crippen molar-refractivity contribution in [3.63, 3.8) is 0 Å². The summed E-state index contributed by atoms with van der Waals surface area (Å²) in [5, 5.41) is 4.80. The van der Waals surface area contributed by atoms with Gasteiger partial charge in [-0.25, -0.2) is 0 Å². The smallest absolute Gasteiger partial charge is 0.0981 e. The molecular weight excluding hydrogens is 190 g/mol. The maximum atomic E-state index is 2.77. The third-order valence-corrected chi connectivity index (χ3v) is 6.22. The van der Waals surface area contributed by atoms with Crippen LogP contribution in [0.4, 0.5) is 0 Å². The first kappa shape index (κ1) is 9.53. The van der Waals surface area contributed by atoms with Crippen LogP contribution in [0.5, 0.6) is 0 Å². The molecule has 3 fully saturated rings. The van der Waals surface area contributed by atoms with E-state index in [-0.39, 0.29) is 0 Å². The van der Waals surface area contributed by atoms with Crippen molar-refractivity contribution >= 4 is 11.8 Å². The highest BCUT2D eigenvalue weighted by Crippen LogP contribution is 2.38. The number of rotatable bonds is 0. The van der Waals surface area contributed by atoms with Crippen LogP contribution in [-0.4, -0.2) is 22.6 Å². The SMILES string of the molecule is C1CC[C@@H]2S[C@H]3CCCC[C@H]3[NH2+][C@H]2C1. The number of fused-ring (bicyclic) bond motifs is 2. The van der Waals surface area contributed by atoms with E-state index in [0.717, 1.165) is 22.6 Å². The standard InChI is InChI=1S/C12H21NS/c1-3-7-11-9(5-1)13-10-6-2-4-8-12(10)14-11/h9-13H,1-8H2/p+1/t9-,10+,11-,12-/m0/s1. The van der Waals surface area contributed by atoms with Crippen molar-refractivity contribution in [2.45, 2.75) is 74.0 Å².